The summed E-state index contributed by atoms with van der Waals surface area (Å²) >= 11 is 0. The number of nitrogens with zero attached hydrogens (tertiary/aromatic N) is 2. The molecule has 3 amide bonds. The number of nitrogens with two attached hydrogens (primary N) is 3. The monoisotopic (exact) mass is 704 g/mol. The molecule has 0 bridgehead atoms. The van der Waals surface area contributed by atoms with Gasteiger partial charge in [-0.2, -0.15) is 0 Å². The third-order valence-electron chi connectivity index (χ3n) is 9.52. The first-order valence-electron chi connectivity index (χ1n) is 17.4. The van der Waals surface area contributed by atoms with E-state index in [9.17, 15) is 19.5 Å². The van der Waals surface area contributed by atoms with Gasteiger partial charge in [0.15, 0.2) is 0 Å². The minimum Gasteiger partial charge on any atom is -0.508 e. The molecule has 12 heteroatoms. The number of aryl methyl sites for hydroxylation is 2. The lowest BCUT2D eigenvalue weighted by molar-refractivity contribution is -0.137. The summed E-state index contributed by atoms with van der Waals surface area (Å²) in [4.78, 5) is 42.9. The Labute approximate surface area is 304 Å². The van der Waals surface area contributed by atoms with Gasteiger partial charge >= 0.3 is 0 Å². The van der Waals surface area contributed by atoms with Crippen molar-refractivity contribution in [1.29, 1.82) is 0 Å². The molecular weight excluding hydrogens is 656 g/mol. The molecule has 272 valence electrons. The van der Waals surface area contributed by atoms with Crippen LogP contribution in [-0.2, 0) is 46.6 Å². The van der Waals surface area contributed by atoms with Gasteiger partial charge in [0.1, 0.15) is 17.8 Å². The number of amides is 3. The summed E-state index contributed by atoms with van der Waals surface area (Å²) in [6.07, 6.45) is 1.40. The molecule has 10 N–H and O–H groups in total. The van der Waals surface area contributed by atoms with E-state index >= 15 is 0 Å². The number of aromatic hydroxyl groups is 1. The number of carbonyl (C=O) groups excluding carboxylic acids is 3. The summed E-state index contributed by atoms with van der Waals surface area (Å²) in [6.45, 7) is 4.38. The first kappa shape index (κ1) is 37.4. The Bertz CT molecular complexity index is 1860. The number of primary amides is 1. The zero-order valence-corrected chi connectivity index (χ0v) is 29.6. The van der Waals surface area contributed by atoms with E-state index in [0.717, 1.165) is 38.9 Å². The minimum atomic E-state index is -0.913. The number of hydrogen-bond donors (Lipinski definition) is 7. The standard InChI is InChI=1S/C40H48N8O4/c1-25-17-32(49)18-26(2)33(25)22-36(46-47-40(42)43)39(52)48-24-30-16-10-9-15-29(30)21-31(48)23-44-35(20-28-13-7-4-8-14-28)38(51)45-34(37(41)50)19-27-11-5-3-6-12-27/h3-18,31,34-36,44,46,49H,19-24H2,1-2H3,(H2,41,50)(H,45,51)(H4,42,43,47)/t31-,34-,35-,36-/m0/s1. The van der Waals surface area contributed by atoms with E-state index < -0.39 is 24.0 Å². The third kappa shape index (κ3) is 9.88. The molecule has 0 aliphatic carbocycles. The highest BCUT2D eigenvalue weighted by Gasteiger charge is 2.35. The van der Waals surface area contributed by atoms with Gasteiger partial charge in [-0.15, -0.1) is 5.10 Å². The molecule has 1 heterocycles. The SMILES string of the molecule is Cc1cc(O)cc(C)c1C[C@H](NN=C(N)N)C(=O)N1Cc2ccccc2C[C@H]1CN[C@@H](Cc1ccccc1)C(=O)N[C@@H](Cc1ccccc1)C(N)=O. The van der Waals surface area contributed by atoms with Crippen LogP contribution < -0.4 is 33.3 Å². The molecule has 4 atom stereocenters. The van der Waals surface area contributed by atoms with Crippen molar-refractivity contribution in [2.45, 2.75) is 70.2 Å². The average Bonchev–Trinajstić information content (AvgIpc) is 3.12. The lowest BCUT2D eigenvalue weighted by Gasteiger charge is -2.39. The minimum absolute atomic E-state index is 0.147. The number of benzene rings is 4. The Hall–Kier alpha value is -5.88. The van der Waals surface area contributed by atoms with Crippen molar-refractivity contribution in [1.82, 2.24) is 21.0 Å². The van der Waals surface area contributed by atoms with Crippen molar-refractivity contribution in [3.63, 3.8) is 0 Å². The Morgan fingerprint density at radius 3 is 1.92 bits per heavy atom. The number of guanidine groups is 1. The summed E-state index contributed by atoms with van der Waals surface area (Å²) < 4.78 is 0. The van der Waals surface area contributed by atoms with E-state index in [1.54, 1.807) is 17.0 Å². The summed E-state index contributed by atoms with van der Waals surface area (Å²) in [7, 11) is 0. The molecule has 1 aliphatic heterocycles. The summed E-state index contributed by atoms with van der Waals surface area (Å²) in [5, 5.41) is 20.5. The number of phenolic OH excluding ortho intramolecular Hbond substituents is 1. The molecule has 0 spiro atoms. The highest BCUT2D eigenvalue weighted by atomic mass is 16.3. The molecule has 12 nitrogen and oxygen atoms in total. The summed E-state index contributed by atoms with van der Waals surface area (Å²) in [5.41, 5.74) is 26.5. The van der Waals surface area contributed by atoms with E-state index in [-0.39, 0.29) is 49.0 Å². The molecule has 0 aromatic heterocycles. The number of rotatable bonds is 15. The fourth-order valence-corrected chi connectivity index (χ4v) is 6.80. The number of nitrogens with one attached hydrogen (secondary N) is 3. The molecule has 4 aromatic rings. The summed E-state index contributed by atoms with van der Waals surface area (Å²) in [6, 6.07) is 27.5. The number of fused-ring (bicyclic) bond motifs is 1. The number of phenols is 1. The maximum Gasteiger partial charge on any atom is 0.247 e. The molecule has 1 aliphatic rings. The maximum atomic E-state index is 14.6. The molecule has 0 unspecified atom stereocenters. The van der Waals surface area contributed by atoms with E-state index in [2.05, 4.69) is 27.2 Å². The maximum absolute atomic E-state index is 14.6. The van der Waals surface area contributed by atoms with Crippen LogP contribution in [0, 0.1) is 13.8 Å². The van der Waals surface area contributed by atoms with Crippen LogP contribution in [0.25, 0.3) is 0 Å². The van der Waals surface area contributed by atoms with Gasteiger partial charge < -0.3 is 37.8 Å². The highest BCUT2D eigenvalue weighted by molar-refractivity contribution is 5.89. The number of hydrazone groups is 1. The lowest BCUT2D eigenvalue weighted by Crippen LogP contribution is -2.58. The number of carbonyl (C=O) groups is 3. The van der Waals surface area contributed by atoms with Gasteiger partial charge in [0, 0.05) is 32.0 Å². The van der Waals surface area contributed by atoms with Gasteiger partial charge in [-0.25, -0.2) is 0 Å². The van der Waals surface area contributed by atoms with Crippen LogP contribution in [0.15, 0.2) is 102 Å². The van der Waals surface area contributed by atoms with E-state index in [4.69, 9.17) is 17.2 Å². The first-order valence-corrected chi connectivity index (χ1v) is 17.4. The van der Waals surface area contributed by atoms with Crippen LogP contribution in [0.5, 0.6) is 5.75 Å². The van der Waals surface area contributed by atoms with Gasteiger partial charge in [0.2, 0.25) is 23.7 Å². The van der Waals surface area contributed by atoms with Crippen molar-refractivity contribution in [2.24, 2.45) is 22.3 Å². The highest BCUT2D eigenvalue weighted by Crippen LogP contribution is 2.27. The van der Waals surface area contributed by atoms with Crippen molar-refractivity contribution >= 4 is 23.7 Å². The fourth-order valence-electron chi connectivity index (χ4n) is 6.80. The molecule has 4 aromatic carbocycles. The Kier molecular flexibility index (Phi) is 12.5. The molecule has 0 saturated carbocycles. The van der Waals surface area contributed by atoms with Crippen LogP contribution in [0.4, 0.5) is 0 Å². The van der Waals surface area contributed by atoms with Gasteiger partial charge in [-0.1, -0.05) is 84.9 Å². The Morgan fingerprint density at radius 2 is 1.35 bits per heavy atom. The second-order valence-corrected chi connectivity index (χ2v) is 13.4. The van der Waals surface area contributed by atoms with E-state index in [0.29, 0.717) is 19.4 Å². The van der Waals surface area contributed by atoms with Crippen LogP contribution in [0.3, 0.4) is 0 Å². The van der Waals surface area contributed by atoms with E-state index in [1.165, 1.54) is 0 Å². The van der Waals surface area contributed by atoms with Gasteiger partial charge in [-0.05, 0) is 77.8 Å². The average molecular weight is 705 g/mol. The predicted octanol–water partition coefficient (Wildman–Crippen LogP) is 2.07. The normalized spacial score (nSPS) is 15.4. The van der Waals surface area contributed by atoms with Crippen molar-refractivity contribution < 1.29 is 19.5 Å². The van der Waals surface area contributed by atoms with Crippen LogP contribution in [0.1, 0.15) is 38.9 Å². The Morgan fingerprint density at radius 1 is 0.788 bits per heavy atom. The van der Waals surface area contributed by atoms with Crippen molar-refractivity contribution in [3.05, 3.63) is 136 Å². The largest absolute Gasteiger partial charge is 0.508 e. The van der Waals surface area contributed by atoms with Crippen LogP contribution in [0.2, 0.25) is 0 Å². The molecule has 0 fully saturated rings. The molecule has 0 radical (unpaired) electrons. The molecule has 0 saturated heterocycles. The number of hydrogen-bond acceptors (Lipinski definition) is 7. The van der Waals surface area contributed by atoms with Crippen LogP contribution >= 0.6 is 0 Å². The first-order chi connectivity index (χ1) is 25.0. The smallest absolute Gasteiger partial charge is 0.247 e. The summed E-state index contributed by atoms with van der Waals surface area (Å²) in [5.74, 6) is -1.29. The van der Waals surface area contributed by atoms with Gasteiger partial charge in [0.25, 0.3) is 0 Å². The zero-order chi connectivity index (χ0) is 37.2. The molecule has 5 rings (SSSR count). The van der Waals surface area contributed by atoms with Crippen molar-refractivity contribution in [3.8, 4) is 5.75 Å². The van der Waals surface area contributed by atoms with Gasteiger partial charge in [0.05, 0.1) is 6.04 Å². The third-order valence-corrected chi connectivity index (χ3v) is 9.52. The molecular formula is C40H48N8O4. The lowest BCUT2D eigenvalue weighted by atomic mass is 9.91. The predicted molar refractivity (Wildman–Crippen MR) is 202 cm³/mol. The van der Waals surface area contributed by atoms with Gasteiger partial charge in [-0.3, -0.25) is 19.8 Å². The van der Waals surface area contributed by atoms with Crippen molar-refractivity contribution in [2.75, 3.05) is 6.54 Å². The zero-order valence-electron chi connectivity index (χ0n) is 29.6. The topological polar surface area (TPSA) is 201 Å². The molecule has 52 heavy (non-hydrogen) atoms. The fraction of sp³-hybridized carbons (Fsp3) is 0.300. The van der Waals surface area contributed by atoms with E-state index in [1.807, 2.05) is 92.7 Å². The second kappa shape index (κ2) is 17.4. The quantitative estimate of drug-likeness (QED) is 0.0554. The second-order valence-electron chi connectivity index (χ2n) is 13.4. The Balaban J connectivity index is 1.42. The van der Waals surface area contributed by atoms with Crippen LogP contribution in [-0.4, -0.2) is 64.4 Å².